The van der Waals surface area contributed by atoms with Crippen LogP contribution in [0.4, 0.5) is 5.69 Å². The van der Waals surface area contributed by atoms with Crippen LogP contribution in [0.3, 0.4) is 0 Å². The van der Waals surface area contributed by atoms with E-state index in [0.29, 0.717) is 17.9 Å². The van der Waals surface area contributed by atoms with E-state index >= 15 is 0 Å². The Morgan fingerprint density at radius 3 is 2.67 bits per heavy atom. The average Bonchev–Trinajstić information content (AvgIpc) is 2.36. The van der Waals surface area contributed by atoms with E-state index in [-0.39, 0.29) is 11.4 Å². The van der Waals surface area contributed by atoms with E-state index in [1.165, 1.54) is 0 Å². The maximum atomic E-state index is 12.2. The number of carbonyl (C=O) groups excluding carboxylic acids is 1. The van der Waals surface area contributed by atoms with Gasteiger partial charge in [0.2, 0.25) is 5.91 Å². The van der Waals surface area contributed by atoms with Gasteiger partial charge in [-0.05, 0) is 51.1 Å². The number of ether oxygens (including phenoxy) is 1. The van der Waals surface area contributed by atoms with Crippen LogP contribution in [0.25, 0.3) is 0 Å². The molecule has 5 nitrogen and oxygen atoms in total. The number of methoxy groups -OCH3 is 1. The van der Waals surface area contributed by atoms with Crippen molar-refractivity contribution in [2.24, 2.45) is 5.73 Å². The third kappa shape index (κ3) is 4.19. The SMILES string of the molecule is COc1ccc(CN(C)C)cc1NC(=O)CC1(N)CCC1. The number of hydrogen-bond acceptors (Lipinski definition) is 4. The van der Waals surface area contributed by atoms with Crippen LogP contribution in [0.15, 0.2) is 18.2 Å². The number of anilines is 1. The molecule has 5 heteroatoms. The van der Waals surface area contributed by atoms with E-state index in [1.807, 2.05) is 32.3 Å². The largest absolute Gasteiger partial charge is 0.495 e. The molecule has 0 radical (unpaired) electrons. The lowest BCUT2D eigenvalue weighted by atomic mass is 9.75. The second kappa shape index (κ2) is 6.45. The van der Waals surface area contributed by atoms with Crippen LogP contribution >= 0.6 is 0 Å². The normalized spacial score (nSPS) is 16.4. The van der Waals surface area contributed by atoms with Gasteiger partial charge in [0.1, 0.15) is 5.75 Å². The molecule has 21 heavy (non-hydrogen) atoms. The zero-order chi connectivity index (χ0) is 15.5. The van der Waals surface area contributed by atoms with Gasteiger partial charge < -0.3 is 20.7 Å². The summed E-state index contributed by atoms with van der Waals surface area (Å²) >= 11 is 0. The highest BCUT2D eigenvalue weighted by atomic mass is 16.5. The first kappa shape index (κ1) is 15.8. The van der Waals surface area contributed by atoms with E-state index < -0.39 is 0 Å². The summed E-state index contributed by atoms with van der Waals surface area (Å²) in [4.78, 5) is 14.2. The Labute approximate surface area is 126 Å². The van der Waals surface area contributed by atoms with Gasteiger partial charge in [-0.3, -0.25) is 4.79 Å². The highest BCUT2D eigenvalue weighted by Crippen LogP contribution is 2.33. The molecule has 0 heterocycles. The average molecular weight is 291 g/mol. The van der Waals surface area contributed by atoms with Crippen molar-refractivity contribution in [1.82, 2.24) is 4.90 Å². The second-order valence-corrected chi connectivity index (χ2v) is 6.21. The molecule has 0 bridgehead atoms. The Balaban J connectivity index is 2.07. The van der Waals surface area contributed by atoms with Crippen LogP contribution in [-0.2, 0) is 11.3 Å². The summed E-state index contributed by atoms with van der Waals surface area (Å²) in [7, 11) is 5.63. The van der Waals surface area contributed by atoms with Gasteiger partial charge in [0.05, 0.1) is 12.8 Å². The molecule has 0 aromatic heterocycles. The number of rotatable bonds is 6. The number of nitrogens with two attached hydrogens (primary N) is 1. The summed E-state index contributed by atoms with van der Waals surface area (Å²) in [6.45, 7) is 0.813. The van der Waals surface area contributed by atoms with Crippen LogP contribution in [0.2, 0.25) is 0 Å². The Morgan fingerprint density at radius 2 is 2.14 bits per heavy atom. The summed E-state index contributed by atoms with van der Waals surface area (Å²) in [5, 5.41) is 2.94. The molecule has 0 unspecified atom stereocenters. The molecule has 1 aliphatic rings. The molecular weight excluding hydrogens is 266 g/mol. The standard InChI is InChI=1S/C16H25N3O2/c1-19(2)11-12-5-6-14(21-3)13(9-12)18-15(20)10-16(17)7-4-8-16/h5-6,9H,4,7-8,10-11,17H2,1-3H3,(H,18,20). The fourth-order valence-corrected chi connectivity index (χ4v) is 2.64. The summed E-state index contributed by atoms with van der Waals surface area (Å²) in [5.41, 5.74) is 7.66. The smallest absolute Gasteiger partial charge is 0.226 e. The van der Waals surface area contributed by atoms with Crippen molar-refractivity contribution in [3.8, 4) is 5.75 Å². The molecule has 1 amide bonds. The molecule has 1 aromatic rings. The van der Waals surface area contributed by atoms with Crippen molar-refractivity contribution in [2.45, 2.75) is 37.8 Å². The number of hydrogen-bond donors (Lipinski definition) is 2. The fourth-order valence-electron chi connectivity index (χ4n) is 2.64. The number of benzene rings is 1. The highest BCUT2D eigenvalue weighted by molar-refractivity contribution is 5.93. The van der Waals surface area contributed by atoms with E-state index in [9.17, 15) is 4.79 Å². The monoisotopic (exact) mass is 291 g/mol. The minimum absolute atomic E-state index is 0.0440. The lowest BCUT2D eigenvalue weighted by Gasteiger charge is -2.37. The number of nitrogens with one attached hydrogen (secondary N) is 1. The molecule has 1 fully saturated rings. The van der Waals surface area contributed by atoms with Gasteiger partial charge >= 0.3 is 0 Å². The van der Waals surface area contributed by atoms with Crippen molar-refractivity contribution in [3.63, 3.8) is 0 Å². The minimum Gasteiger partial charge on any atom is -0.495 e. The second-order valence-electron chi connectivity index (χ2n) is 6.21. The molecule has 0 spiro atoms. The van der Waals surface area contributed by atoms with Crippen molar-refractivity contribution >= 4 is 11.6 Å². The topological polar surface area (TPSA) is 67.6 Å². The van der Waals surface area contributed by atoms with Crippen LogP contribution < -0.4 is 15.8 Å². The zero-order valence-electron chi connectivity index (χ0n) is 13.1. The van der Waals surface area contributed by atoms with E-state index in [0.717, 1.165) is 31.4 Å². The van der Waals surface area contributed by atoms with E-state index in [2.05, 4.69) is 10.2 Å². The minimum atomic E-state index is -0.307. The lowest BCUT2D eigenvalue weighted by molar-refractivity contribution is -0.118. The predicted molar refractivity (Wildman–Crippen MR) is 84.4 cm³/mol. The van der Waals surface area contributed by atoms with Crippen molar-refractivity contribution < 1.29 is 9.53 Å². The summed E-state index contributed by atoms with van der Waals surface area (Å²) < 4.78 is 5.32. The quantitative estimate of drug-likeness (QED) is 0.841. The number of nitrogens with zero attached hydrogens (tertiary/aromatic N) is 1. The van der Waals surface area contributed by atoms with Crippen LogP contribution in [0.5, 0.6) is 5.75 Å². The van der Waals surface area contributed by atoms with Gasteiger partial charge in [-0.15, -0.1) is 0 Å². The number of carbonyl (C=O) groups is 1. The molecule has 0 aliphatic heterocycles. The molecule has 3 N–H and O–H groups in total. The van der Waals surface area contributed by atoms with Crippen molar-refractivity contribution in [3.05, 3.63) is 23.8 Å². The molecule has 1 aliphatic carbocycles. The lowest BCUT2D eigenvalue weighted by Crippen LogP contribution is -2.48. The maximum absolute atomic E-state index is 12.2. The Morgan fingerprint density at radius 1 is 1.43 bits per heavy atom. The first-order chi connectivity index (χ1) is 9.92. The molecule has 1 saturated carbocycles. The molecular formula is C16H25N3O2. The van der Waals surface area contributed by atoms with Crippen molar-refractivity contribution in [2.75, 3.05) is 26.5 Å². The molecule has 2 rings (SSSR count). The summed E-state index contributed by atoms with van der Waals surface area (Å²) in [6.07, 6.45) is 3.34. The van der Waals surface area contributed by atoms with Gasteiger partial charge in [0.15, 0.2) is 0 Å². The Kier molecular flexibility index (Phi) is 4.85. The van der Waals surface area contributed by atoms with Gasteiger partial charge in [-0.25, -0.2) is 0 Å². The molecule has 116 valence electrons. The Bertz CT molecular complexity index is 510. The maximum Gasteiger partial charge on any atom is 0.226 e. The molecule has 0 atom stereocenters. The first-order valence-corrected chi connectivity index (χ1v) is 7.32. The van der Waals surface area contributed by atoms with Crippen LogP contribution in [0, 0.1) is 0 Å². The van der Waals surface area contributed by atoms with E-state index in [4.69, 9.17) is 10.5 Å². The summed E-state index contributed by atoms with van der Waals surface area (Å²) in [5.74, 6) is 0.628. The molecule has 1 aromatic carbocycles. The fraction of sp³-hybridized carbons (Fsp3) is 0.562. The van der Waals surface area contributed by atoms with Gasteiger partial charge in [-0.1, -0.05) is 6.07 Å². The highest BCUT2D eigenvalue weighted by Gasteiger charge is 2.34. The molecule has 0 saturated heterocycles. The summed E-state index contributed by atoms with van der Waals surface area (Å²) in [6, 6.07) is 5.85. The van der Waals surface area contributed by atoms with Gasteiger partial charge in [0.25, 0.3) is 0 Å². The van der Waals surface area contributed by atoms with Gasteiger partial charge in [-0.2, -0.15) is 0 Å². The van der Waals surface area contributed by atoms with Crippen molar-refractivity contribution in [1.29, 1.82) is 0 Å². The van der Waals surface area contributed by atoms with Crippen LogP contribution in [0.1, 0.15) is 31.2 Å². The zero-order valence-corrected chi connectivity index (χ0v) is 13.1. The third-order valence-electron chi connectivity index (χ3n) is 3.90. The third-order valence-corrected chi connectivity index (χ3v) is 3.90. The number of amides is 1. The first-order valence-electron chi connectivity index (χ1n) is 7.32. The van der Waals surface area contributed by atoms with Gasteiger partial charge in [0, 0.05) is 18.5 Å². The van der Waals surface area contributed by atoms with E-state index in [1.54, 1.807) is 7.11 Å². The Hall–Kier alpha value is -1.59. The van der Waals surface area contributed by atoms with Crippen LogP contribution in [-0.4, -0.2) is 37.6 Å². The predicted octanol–water partition coefficient (Wildman–Crippen LogP) is 1.97.